The molecule has 164 valence electrons. The van der Waals surface area contributed by atoms with Crippen LogP contribution in [-0.4, -0.2) is 74.5 Å². The molecule has 2 saturated heterocycles. The summed E-state index contributed by atoms with van der Waals surface area (Å²) in [5.74, 6) is -0.00994. The zero-order chi connectivity index (χ0) is 21.1. The second-order valence-electron chi connectivity index (χ2n) is 8.21. The number of rotatable bonds is 7. The maximum absolute atomic E-state index is 12.7. The molecular formula is C22H30N2O6. The molecule has 0 aliphatic carbocycles. The Labute approximate surface area is 177 Å². The van der Waals surface area contributed by atoms with Crippen LogP contribution in [0.25, 0.3) is 0 Å². The Balaban J connectivity index is 1.45. The standard InChI is InChI=1S/C22H30N2O6/c1-27-11-12-30-24-20(25)14-18(21(26)28-2)22(24)6-8-23(9-7-22)15-16-3-4-19-17(13-16)5-10-29-19/h3-4,13,18H,5-12,14-15H2,1-2H3/t18-/m1/s1. The summed E-state index contributed by atoms with van der Waals surface area (Å²) in [6.45, 7) is 3.81. The summed E-state index contributed by atoms with van der Waals surface area (Å²) in [7, 11) is 2.97. The van der Waals surface area contributed by atoms with Gasteiger partial charge in [0.05, 0.1) is 38.4 Å². The maximum atomic E-state index is 12.7. The van der Waals surface area contributed by atoms with E-state index in [0.29, 0.717) is 19.4 Å². The van der Waals surface area contributed by atoms with Crippen LogP contribution in [0, 0.1) is 5.92 Å². The number of nitrogens with zero attached hydrogens (tertiary/aromatic N) is 2. The first-order valence-corrected chi connectivity index (χ1v) is 10.6. The molecule has 8 nitrogen and oxygen atoms in total. The van der Waals surface area contributed by atoms with Crippen molar-refractivity contribution in [3.8, 4) is 5.75 Å². The number of benzene rings is 1. The van der Waals surface area contributed by atoms with Gasteiger partial charge in [-0.2, -0.15) is 0 Å². The Morgan fingerprint density at radius 2 is 2.03 bits per heavy atom. The number of amides is 1. The molecule has 2 fully saturated rings. The van der Waals surface area contributed by atoms with Crippen LogP contribution in [0.4, 0.5) is 0 Å². The largest absolute Gasteiger partial charge is 0.493 e. The molecule has 0 saturated carbocycles. The van der Waals surface area contributed by atoms with E-state index >= 15 is 0 Å². The Hall–Kier alpha value is -2.16. The Morgan fingerprint density at radius 1 is 1.23 bits per heavy atom. The molecule has 0 unspecified atom stereocenters. The highest BCUT2D eigenvalue weighted by molar-refractivity contribution is 5.88. The number of fused-ring (bicyclic) bond motifs is 1. The van der Waals surface area contributed by atoms with Crippen LogP contribution in [0.15, 0.2) is 18.2 Å². The molecule has 1 atom stereocenters. The lowest BCUT2D eigenvalue weighted by atomic mass is 9.77. The third-order valence-corrected chi connectivity index (χ3v) is 6.53. The Bertz CT molecular complexity index is 790. The molecule has 0 N–H and O–H groups in total. The van der Waals surface area contributed by atoms with Crippen molar-refractivity contribution in [1.82, 2.24) is 9.96 Å². The molecular weight excluding hydrogens is 388 g/mol. The van der Waals surface area contributed by atoms with Crippen LogP contribution in [0.5, 0.6) is 5.75 Å². The van der Waals surface area contributed by atoms with Crippen molar-refractivity contribution < 1.29 is 28.6 Å². The number of methoxy groups -OCH3 is 2. The lowest BCUT2D eigenvalue weighted by Crippen LogP contribution is -2.57. The lowest BCUT2D eigenvalue weighted by molar-refractivity contribution is -0.227. The van der Waals surface area contributed by atoms with E-state index < -0.39 is 11.5 Å². The second-order valence-corrected chi connectivity index (χ2v) is 8.21. The lowest BCUT2D eigenvalue weighted by Gasteiger charge is -2.45. The van der Waals surface area contributed by atoms with Gasteiger partial charge in [0.15, 0.2) is 0 Å². The molecule has 4 rings (SSSR count). The highest BCUT2D eigenvalue weighted by atomic mass is 16.7. The molecule has 30 heavy (non-hydrogen) atoms. The number of carbonyl (C=O) groups excluding carboxylic acids is 2. The quantitative estimate of drug-likeness (QED) is 0.491. The number of carbonyl (C=O) groups is 2. The van der Waals surface area contributed by atoms with Crippen LogP contribution < -0.4 is 4.74 Å². The molecule has 3 aliphatic heterocycles. The SMILES string of the molecule is COCCON1C(=O)C[C@H](C(=O)OC)C12CCN(Cc1ccc3c(c1)CCO3)CC2. The van der Waals surface area contributed by atoms with Crippen molar-refractivity contribution in [2.75, 3.05) is 47.1 Å². The highest BCUT2D eigenvalue weighted by Crippen LogP contribution is 2.44. The number of esters is 1. The Morgan fingerprint density at radius 3 is 2.77 bits per heavy atom. The number of hydrogen-bond acceptors (Lipinski definition) is 7. The van der Waals surface area contributed by atoms with Gasteiger partial charge >= 0.3 is 5.97 Å². The number of ether oxygens (including phenoxy) is 3. The van der Waals surface area contributed by atoms with Gasteiger partial charge in [-0.3, -0.25) is 19.3 Å². The minimum absolute atomic E-state index is 0.129. The molecule has 1 aromatic carbocycles. The van der Waals surface area contributed by atoms with Gasteiger partial charge in [0.1, 0.15) is 5.75 Å². The predicted octanol–water partition coefficient (Wildman–Crippen LogP) is 1.56. The van der Waals surface area contributed by atoms with Crippen LogP contribution in [0.3, 0.4) is 0 Å². The van der Waals surface area contributed by atoms with E-state index in [9.17, 15) is 9.59 Å². The van der Waals surface area contributed by atoms with Crippen molar-refractivity contribution in [2.24, 2.45) is 5.92 Å². The second kappa shape index (κ2) is 8.91. The monoisotopic (exact) mass is 418 g/mol. The van der Waals surface area contributed by atoms with E-state index in [1.165, 1.54) is 23.3 Å². The molecule has 1 spiro atoms. The first-order valence-electron chi connectivity index (χ1n) is 10.6. The van der Waals surface area contributed by atoms with Gasteiger partial charge in [0, 0.05) is 39.6 Å². The van der Waals surface area contributed by atoms with Crippen LogP contribution >= 0.6 is 0 Å². The first-order chi connectivity index (χ1) is 14.6. The third-order valence-electron chi connectivity index (χ3n) is 6.53. The van der Waals surface area contributed by atoms with E-state index in [4.69, 9.17) is 19.0 Å². The minimum Gasteiger partial charge on any atom is -0.493 e. The normalized spacial score (nSPS) is 22.9. The van der Waals surface area contributed by atoms with E-state index in [2.05, 4.69) is 23.1 Å². The third kappa shape index (κ3) is 3.91. The number of hydrogen-bond donors (Lipinski definition) is 0. The van der Waals surface area contributed by atoms with Crippen LogP contribution in [-0.2, 0) is 36.9 Å². The molecule has 0 bridgehead atoms. The molecule has 0 aromatic heterocycles. The van der Waals surface area contributed by atoms with E-state index in [0.717, 1.165) is 38.4 Å². The summed E-state index contributed by atoms with van der Waals surface area (Å²) >= 11 is 0. The number of likely N-dealkylation sites (tertiary alicyclic amines) is 1. The van der Waals surface area contributed by atoms with Crippen LogP contribution in [0.1, 0.15) is 30.4 Å². The molecule has 0 radical (unpaired) electrons. The van der Waals surface area contributed by atoms with Crippen molar-refractivity contribution in [2.45, 2.75) is 37.8 Å². The smallest absolute Gasteiger partial charge is 0.311 e. The van der Waals surface area contributed by atoms with Crippen LogP contribution in [0.2, 0.25) is 0 Å². The van der Waals surface area contributed by atoms with Gasteiger partial charge in [0.25, 0.3) is 0 Å². The average molecular weight is 418 g/mol. The first kappa shape index (κ1) is 21.1. The van der Waals surface area contributed by atoms with Gasteiger partial charge in [-0.05, 0) is 30.0 Å². The maximum Gasteiger partial charge on any atom is 0.311 e. The number of piperidine rings is 1. The summed E-state index contributed by atoms with van der Waals surface area (Å²) in [5.41, 5.74) is 1.88. The van der Waals surface area contributed by atoms with E-state index in [-0.39, 0.29) is 24.9 Å². The summed E-state index contributed by atoms with van der Waals surface area (Å²) < 4.78 is 15.7. The summed E-state index contributed by atoms with van der Waals surface area (Å²) in [6, 6.07) is 6.39. The molecule has 1 aromatic rings. The fourth-order valence-electron chi connectivity index (χ4n) is 4.94. The topological polar surface area (TPSA) is 77.5 Å². The summed E-state index contributed by atoms with van der Waals surface area (Å²) in [5, 5.41) is 1.46. The van der Waals surface area contributed by atoms with Gasteiger partial charge in [-0.1, -0.05) is 12.1 Å². The van der Waals surface area contributed by atoms with E-state index in [1.54, 1.807) is 7.11 Å². The summed E-state index contributed by atoms with van der Waals surface area (Å²) in [4.78, 5) is 33.3. The van der Waals surface area contributed by atoms with Gasteiger partial charge < -0.3 is 14.2 Å². The zero-order valence-corrected chi connectivity index (χ0v) is 17.7. The predicted molar refractivity (Wildman–Crippen MR) is 108 cm³/mol. The zero-order valence-electron chi connectivity index (χ0n) is 17.7. The van der Waals surface area contributed by atoms with Gasteiger partial charge in [-0.25, -0.2) is 5.06 Å². The van der Waals surface area contributed by atoms with E-state index in [1.807, 2.05) is 0 Å². The van der Waals surface area contributed by atoms with Crippen molar-refractivity contribution >= 4 is 11.9 Å². The molecule has 8 heteroatoms. The van der Waals surface area contributed by atoms with Crippen molar-refractivity contribution in [3.63, 3.8) is 0 Å². The van der Waals surface area contributed by atoms with Gasteiger partial charge in [0.2, 0.25) is 5.91 Å². The number of hydroxylamine groups is 2. The molecule has 3 aliphatic rings. The minimum atomic E-state index is -0.653. The average Bonchev–Trinajstić information content (AvgIpc) is 3.33. The fraction of sp³-hybridized carbons (Fsp3) is 0.636. The molecule has 1 amide bonds. The summed E-state index contributed by atoms with van der Waals surface area (Å²) in [6.07, 6.45) is 2.42. The van der Waals surface area contributed by atoms with Crippen molar-refractivity contribution in [1.29, 1.82) is 0 Å². The van der Waals surface area contributed by atoms with Gasteiger partial charge in [-0.15, -0.1) is 0 Å². The Kier molecular flexibility index (Phi) is 6.26. The van der Waals surface area contributed by atoms with Crippen molar-refractivity contribution in [3.05, 3.63) is 29.3 Å². The highest BCUT2D eigenvalue weighted by Gasteiger charge is 2.58. The molecule has 3 heterocycles. The fourth-order valence-corrected chi connectivity index (χ4v) is 4.94.